The van der Waals surface area contributed by atoms with E-state index in [1.165, 1.54) is 4.90 Å². The molecule has 1 unspecified atom stereocenters. The molecule has 1 aliphatic carbocycles. The molecule has 0 spiro atoms. The van der Waals surface area contributed by atoms with Gasteiger partial charge in [-0.15, -0.1) is 0 Å². The number of aromatic nitrogens is 1. The molecule has 1 aromatic heterocycles. The second-order valence-electron chi connectivity index (χ2n) is 6.84. The van der Waals surface area contributed by atoms with Crippen LogP contribution in [0.25, 0.3) is 10.9 Å². The zero-order valence-corrected chi connectivity index (χ0v) is 15.4. The van der Waals surface area contributed by atoms with Gasteiger partial charge in [0.2, 0.25) is 0 Å². The lowest BCUT2D eigenvalue weighted by atomic mass is 10.0. The molecule has 3 rings (SSSR count). The average Bonchev–Trinajstić information content (AvgIpc) is 3.48. The molecule has 1 aliphatic rings. The molecule has 2 aromatic rings. The monoisotopic (exact) mass is 356 g/mol. The number of benzene rings is 1. The Kier molecular flexibility index (Phi) is 5.11. The Bertz CT molecular complexity index is 845. The molecule has 6 heteroatoms. The van der Waals surface area contributed by atoms with Gasteiger partial charge in [-0.25, -0.2) is 0 Å². The van der Waals surface area contributed by atoms with Crippen molar-refractivity contribution in [1.29, 1.82) is 0 Å². The van der Waals surface area contributed by atoms with E-state index in [1.807, 2.05) is 32.0 Å². The van der Waals surface area contributed by atoms with Crippen LogP contribution in [0, 0.1) is 0 Å². The lowest BCUT2D eigenvalue weighted by Gasteiger charge is -2.27. The molecule has 138 valence electrons. The van der Waals surface area contributed by atoms with Gasteiger partial charge in [0.05, 0.1) is 18.2 Å². The van der Waals surface area contributed by atoms with Crippen LogP contribution in [0.15, 0.2) is 24.3 Å². The number of ether oxygens (including phenoxy) is 1. The SMILES string of the molecule is CCC(C)N(CC(=O)O)C(=O)c1cc(C2CC2)nc2ccc(OC)cc12. The number of methoxy groups -OCH3 is 1. The molecule has 1 heterocycles. The Morgan fingerprint density at radius 3 is 2.65 bits per heavy atom. The number of pyridine rings is 1. The number of amides is 1. The molecular formula is C20H24N2O4. The van der Waals surface area contributed by atoms with E-state index >= 15 is 0 Å². The van der Waals surface area contributed by atoms with Gasteiger partial charge in [-0.3, -0.25) is 14.6 Å². The van der Waals surface area contributed by atoms with Crippen LogP contribution in [-0.4, -0.2) is 46.6 Å². The number of aliphatic carboxylic acids is 1. The fourth-order valence-electron chi connectivity index (χ4n) is 3.07. The smallest absolute Gasteiger partial charge is 0.323 e. The van der Waals surface area contributed by atoms with Crippen molar-refractivity contribution in [2.24, 2.45) is 0 Å². The molecule has 1 fully saturated rings. The Morgan fingerprint density at radius 2 is 2.08 bits per heavy atom. The molecule has 0 saturated heterocycles. The summed E-state index contributed by atoms with van der Waals surface area (Å²) in [4.78, 5) is 30.7. The molecule has 26 heavy (non-hydrogen) atoms. The summed E-state index contributed by atoms with van der Waals surface area (Å²) < 4.78 is 5.29. The van der Waals surface area contributed by atoms with Gasteiger partial charge in [0, 0.05) is 23.0 Å². The van der Waals surface area contributed by atoms with E-state index in [1.54, 1.807) is 13.2 Å². The van der Waals surface area contributed by atoms with E-state index in [-0.39, 0.29) is 18.5 Å². The summed E-state index contributed by atoms with van der Waals surface area (Å²) in [5.41, 5.74) is 2.14. The van der Waals surface area contributed by atoms with Gasteiger partial charge in [0.1, 0.15) is 12.3 Å². The summed E-state index contributed by atoms with van der Waals surface area (Å²) in [7, 11) is 1.57. The lowest BCUT2D eigenvalue weighted by Crippen LogP contribution is -2.42. The Balaban J connectivity index is 2.13. The molecule has 1 amide bonds. The Hall–Kier alpha value is -2.63. The minimum atomic E-state index is -1.02. The van der Waals surface area contributed by atoms with Crippen molar-refractivity contribution in [2.45, 2.75) is 45.1 Å². The van der Waals surface area contributed by atoms with Gasteiger partial charge in [-0.2, -0.15) is 0 Å². The van der Waals surface area contributed by atoms with Crippen molar-refractivity contribution in [3.63, 3.8) is 0 Å². The zero-order valence-electron chi connectivity index (χ0n) is 15.4. The van der Waals surface area contributed by atoms with Crippen molar-refractivity contribution >= 4 is 22.8 Å². The van der Waals surface area contributed by atoms with Crippen LogP contribution in [-0.2, 0) is 4.79 Å². The van der Waals surface area contributed by atoms with Crippen LogP contribution in [0.5, 0.6) is 5.75 Å². The van der Waals surface area contributed by atoms with Gasteiger partial charge in [0.25, 0.3) is 5.91 Å². The molecule has 0 bridgehead atoms. The third kappa shape index (κ3) is 3.64. The maximum absolute atomic E-state index is 13.3. The minimum Gasteiger partial charge on any atom is -0.497 e. The van der Waals surface area contributed by atoms with Gasteiger partial charge in [-0.1, -0.05) is 6.92 Å². The van der Waals surface area contributed by atoms with Crippen molar-refractivity contribution < 1.29 is 19.4 Å². The summed E-state index contributed by atoms with van der Waals surface area (Å²) in [6.07, 6.45) is 2.83. The molecule has 0 aliphatic heterocycles. The number of carbonyl (C=O) groups excluding carboxylic acids is 1. The zero-order chi connectivity index (χ0) is 18.8. The Morgan fingerprint density at radius 1 is 1.35 bits per heavy atom. The van der Waals surface area contributed by atoms with Crippen molar-refractivity contribution in [3.8, 4) is 5.75 Å². The molecule has 6 nitrogen and oxygen atoms in total. The predicted octanol–water partition coefficient (Wildman–Crippen LogP) is 3.45. The standard InChI is InChI=1S/C20H24N2O4/c1-4-12(2)22(11-19(23)24)20(25)16-10-18(13-5-6-13)21-17-8-7-14(26-3)9-15(16)17/h7-10,12-13H,4-6,11H2,1-3H3,(H,23,24). The Labute approximate surface area is 152 Å². The van der Waals surface area contributed by atoms with Crippen LogP contribution in [0.1, 0.15) is 55.1 Å². The molecular weight excluding hydrogens is 332 g/mol. The number of rotatable bonds is 7. The fourth-order valence-corrected chi connectivity index (χ4v) is 3.07. The summed E-state index contributed by atoms with van der Waals surface area (Å²) in [6.45, 7) is 3.49. The number of fused-ring (bicyclic) bond motifs is 1. The first-order valence-corrected chi connectivity index (χ1v) is 8.96. The van der Waals surface area contributed by atoms with Crippen LogP contribution in [0.3, 0.4) is 0 Å². The van der Waals surface area contributed by atoms with Crippen molar-refractivity contribution in [2.75, 3.05) is 13.7 Å². The highest BCUT2D eigenvalue weighted by Crippen LogP contribution is 2.40. The first kappa shape index (κ1) is 18.2. The van der Waals surface area contributed by atoms with Gasteiger partial charge in [-0.05, 0) is 50.5 Å². The molecule has 1 N–H and O–H groups in total. The summed E-state index contributed by atoms with van der Waals surface area (Å²) in [6, 6.07) is 7.13. The van der Waals surface area contributed by atoms with E-state index < -0.39 is 5.97 Å². The van der Waals surface area contributed by atoms with E-state index in [0.29, 0.717) is 29.0 Å². The largest absolute Gasteiger partial charge is 0.497 e. The summed E-state index contributed by atoms with van der Waals surface area (Å²) in [5, 5.41) is 9.94. The fraction of sp³-hybridized carbons (Fsp3) is 0.450. The number of carboxylic acids is 1. The van der Waals surface area contributed by atoms with Crippen LogP contribution < -0.4 is 4.74 Å². The maximum Gasteiger partial charge on any atom is 0.323 e. The van der Waals surface area contributed by atoms with Crippen LogP contribution >= 0.6 is 0 Å². The minimum absolute atomic E-state index is 0.170. The van der Waals surface area contributed by atoms with Gasteiger partial charge in [0.15, 0.2) is 0 Å². The predicted molar refractivity (Wildman–Crippen MR) is 98.7 cm³/mol. The second kappa shape index (κ2) is 7.32. The van der Waals surface area contributed by atoms with E-state index in [4.69, 9.17) is 9.72 Å². The first-order valence-electron chi connectivity index (χ1n) is 8.96. The summed E-state index contributed by atoms with van der Waals surface area (Å²) in [5.74, 6) is -0.258. The van der Waals surface area contributed by atoms with E-state index in [9.17, 15) is 14.7 Å². The third-order valence-electron chi connectivity index (χ3n) is 4.95. The number of hydrogen-bond acceptors (Lipinski definition) is 4. The molecule has 0 radical (unpaired) electrons. The van der Waals surface area contributed by atoms with Gasteiger partial charge >= 0.3 is 5.97 Å². The van der Waals surface area contributed by atoms with Crippen LogP contribution in [0.2, 0.25) is 0 Å². The van der Waals surface area contributed by atoms with Gasteiger partial charge < -0.3 is 14.7 Å². The number of nitrogens with zero attached hydrogens (tertiary/aromatic N) is 2. The molecule has 1 saturated carbocycles. The first-order chi connectivity index (χ1) is 12.4. The average molecular weight is 356 g/mol. The van der Waals surface area contributed by atoms with E-state index in [0.717, 1.165) is 24.1 Å². The van der Waals surface area contributed by atoms with E-state index in [2.05, 4.69) is 0 Å². The topological polar surface area (TPSA) is 79.7 Å². The number of hydrogen-bond donors (Lipinski definition) is 1. The highest BCUT2D eigenvalue weighted by atomic mass is 16.5. The van der Waals surface area contributed by atoms with Crippen molar-refractivity contribution in [3.05, 3.63) is 35.5 Å². The molecule has 1 aromatic carbocycles. The maximum atomic E-state index is 13.3. The normalized spacial score (nSPS) is 14.9. The van der Waals surface area contributed by atoms with Crippen molar-refractivity contribution in [1.82, 2.24) is 9.88 Å². The number of carboxylic acid groups (broad SMARTS) is 1. The lowest BCUT2D eigenvalue weighted by molar-refractivity contribution is -0.138. The second-order valence-corrected chi connectivity index (χ2v) is 6.84. The number of carbonyl (C=O) groups is 2. The highest BCUT2D eigenvalue weighted by Gasteiger charge is 2.29. The third-order valence-corrected chi connectivity index (χ3v) is 4.95. The summed E-state index contributed by atoms with van der Waals surface area (Å²) >= 11 is 0. The quantitative estimate of drug-likeness (QED) is 0.822. The highest BCUT2D eigenvalue weighted by molar-refractivity contribution is 6.07. The van der Waals surface area contributed by atoms with Crippen LogP contribution in [0.4, 0.5) is 0 Å². The molecule has 1 atom stereocenters.